The van der Waals surface area contributed by atoms with Gasteiger partial charge in [-0.25, -0.2) is 0 Å². The quantitative estimate of drug-likeness (QED) is 0.0780. The second kappa shape index (κ2) is 30.2. The van der Waals surface area contributed by atoms with E-state index in [1.54, 1.807) is 0 Å². The van der Waals surface area contributed by atoms with Gasteiger partial charge >= 0.3 is 0 Å². The third-order valence-electron chi connectivity index (χ3n) is 7.64. The van der Waals surface area contributed by atoms with Gasteiger partial charge in [0.05, 0.1) is 0 Å². The van der Waals surface area contributed by atoms with Crippen LogP contribution in [0.1, 0.15) is 169 Å². The molecule has 0 aliphatic heterocycles. The molecule has 0 spiro atoms. The van der Waals surface area contributed by atoms with Crippen LogP contribution in [0.4, 0.5) is 0 Å². The molecule has 0 aliphatic carbocycles. The van der Waals surface area contributed by atoms with Crippen molar-refractivity contribution in [3.63, 3.8) is 0 Å². The Morgan fingerprint density at radius 2 is 0.639 bits per heavy atom. The molecule has 0 N–H and O–H groups in total. The van der Waals surface area contributed by atoms with Gasteiger partial charge in [-0.15, -0.1) is 0 Å². The number of allylic oxidation sites excluding steroid dienone is 8. The van der Waals surface area contributed by atoms with Gasteiger partial charge in [-0.1, -0.05) is 127 Å². The molecule has 0 atom stereocenters. The first-order valence-corrected chi connectivity index (χ1v) is 16.2. The van der Waals surface area contributed by atoms with E-state index >= 15 is 0 Å². The monoisotopic (exact) mass is 499 g/mol. The van der Waals surface area contributed by atoms with Gasteiger partial charge in [-0.05, 0) is 103 Å². The summed E-state index contributed by atoms with van der Waals surface area (Å²) in [6, 6.07) is 0. The van der Waals surface area contributed by atoms with Crippen LogP contribution in [0.5, 0.6) is 0 Å². The molecule has 0 aliphatic rings. The minimum absolute atomic E-state index is 0.808. The van der Waals surface area contributed by atoms with Gasteiger partial charge in [0.2, 0.25) is 0 Å². The molecule has 0 heterocycles. The molecule has 0 heteroatoms. The lowest BCUT2D eigenvalue weighted by Crippen LogP contribution is -2.08. The van der Waals surface area contributed by atoms with E-state index in [9.17, 15) is 0 Å². The maximum Gasteiger partial charge on any atom is -0.0348 e. The van der Waals surface area contributed by atoms with Crippen molar-refractivity contribution >= 4 is 0 Å². The Balaban J connectivity index is 3.58. The second-order valence-electron chi connectivity index (χ2n) is 11.3. The van der Waals surface area contributed by atoms with Gasteiger partial charge < -0.3 is 0 Å². The van der Waals surface area contributed by atoms with E-state index in [2.05, 4.69) is 76.3 Å². The molecule has 0 bridgehead atoms. The van der Waals surface area contributed by atoms with Crippen LogP contribution in [0.15, 0.2) is 48.6 Å². The largest absolute Gasteiger partial charge is 0.0917 e. The van der Waals surface area contributed by atoms with Gasteiger partial charge in [-0.3, -0.25) is 0 Å². The Morgan fingerprint density at radius 1 is 0.361 bits per heavy atom. The van der Waals surface area contributed by atoms with Gasteiger partial charge in [0.15, 0.2) is 0 Å². The van der Waals surface area contributed by atoms with Crippen molar-refractivity contribution in [3.05, 3.63) is 48.6 Å². The Bertz CT molecular complexity index is 474. The normalized spacial score (nSPS) is 12.7. The summed E-state index contributed by atoms with van der Waals surface area (Å²) in [6.45, 7) is 9.07. The van der Waals surface area contributed by atoms with Crippen LogP contribution in [0.2, 0.25) is 0 Å². The van der Waals surface area contributed by atoms with Crippen LogP contribution in [-0.4, -0.2) is 0 Å². The molecule has 36 heavy (non-hydrogen) atoms. The molecule has 0 aromatic rings. The van der Waals surface area contributed by atoms with E-state index in [-0.39, 0.29) is 0 Å². The summed E-state index contributed by atoms with van der Waals surface area (Å²) >= 11 is 0. The molecule has 0 aromatic carbocycles. The third-order valence-corrected chi connectivity index (χ3v) is 7.64. The highest BCUT2D eigenvalue weighted by Crippen LogP contribution is 2.23. The summed E-state index contributed by atoms with van der Waals surface area (Å²) in [5, 5.41) is 0. The zero-order chi connectivity index (χ0) is 26.4. The topological polar surface area (TPSA) is 0 Å². The average molecular weight is 499 g/mol. The van der Waals surface area contributed by atoms with Gasteiger partial charge in [0.25, 0.3) is 0 Å². The molecule has 0 radical (unpaired) electrons. The molecule has 0 unspecified atom stereocenters. The van der Waals surface area contributed by atoms with Crippen molar-refractivity contribution in [2.24, 2.45) is 11.8 Å². The summed E-state index contributed by atoms with van der Waals surface area (Å²) in [4.78, 5) is 0. The van der Waals surface area contributed by atoms with Gasteiger partial charge in [0.1, 0.15) is 0 Å². The van der Waals surface area contributed by atoms with Crippen molar-refractivity contribution in [3.8, 4) is 0 Å². The molecular weight excluding hydrogens is 432 g/mol. The van der Waals surface area contributed by atoms with E-state index in [0.717, 1.165) is 11.8 Å². The van der Waals surface area contributed by atoms with Gasteiger partial charge in [-0.2, -0.15) is 0 Å². The van der Waals surface area contributed by atoms with Crippen LogP contribution < -0.4 is 0 Å². The SMILES string of the molecule is C/C=C/CCCCCCCCC/C=C/CCC(CC/C=C/CCCCCCCCC/C=C/C)C(C)C. The molecule has 210 valence electrons. The molecule has 0 saturated heterocycles. The van der Waals surface area contributed by atoms with Crippen molar-refractivity contribution in [1.29, 1.82) is 0 Å². The van der Waals surface area contributed by atoms with Crippen LogP contribution in [-0.2, 0) is 0 Å². The lowest BCUT2D eigenvalue weighted by molar-refractivity contribution is 0.341. The Labute approximate surface area is 229 Å². The first kappa shape index (κ1) is 35.0. The highest BCUT2D eigenvalue weighted by Gasteiger charge is 2.11. The molecule has 0 saturated carbocycles. The predicted octanol–water partition coefficient (Wildman–Crippen LogP) is 13.1. The fourth-order valence-corrected chi connectivity index (χ4v) is 5.05. The van der Waals surface area contributed by atoms with Crippen LogP contribution in [0, 0.1) is 11.8 Å². The zero-order valence-electron chi connectivity index (χ0n) is 25.3. The Morgan fingerprint density at radius 3 is 0.944 bits per heavy atom. The average Bonchev–Trinajstić information content (AvgIpc) is 2.87. The lowest BCUT2D eigenvalue weighted by Gasteiger charge is -2.19. The van der Waals surface area contributed by atoms with E-state index < -0.39 is 0 Å². The fourth-order valence-electron chi connectivity index (χ4n) is 5.05. The molecule has 0 nitrogen and oxygen atoms in total. The van der Waals surface area contributed by atoms with E-state index in [1.807, 2.05) is 0 Å². The van der Waals surface area contributed by atoms with Gasteiger partial charge in [0, 0.05) is 0 Å². The third kappa shape index (κ3) is 27.5. The second-order valence-corrected chi connectivity index (χ2v) is 11.3. The maximum absolute atomic E-state index is 2.47. The van der Waals surface area contributed by atoms with Crippen LogP contribution >= 0.6 is 0 Å². The van der Waals surface area contributed by atoms with Crippen molar-refractivity contribution in [1.82, 2.24) is 0 Å². The molecule has 0 rings (SSSR count). The minimum atomic E-state index is 0.808. The smallest absolute Gasteiger partial charge is 0.0348 e. The van der Waals surface area contributed by atoms with Crippen LogP contribution in [0.25, 0.3) is 0 Å². The van der Waals surface area contributed by atoms with E-state index in [4.69, 9.17) is 0 Å². The summed E-state index contributed by atoms with van der Waals surface area (Å²) in [5.41, 5.74) is 0. The number of hydrogen-bond donors (Lipinski definition) is 0. The highest BCUT2D eigenvalue weighted by atomic mass is 14.2. The highest BCUT2D eigenvalue weighted by molar-refractivity contribution is 4.85. The van der Waals surface area contributed by atoms with Crippen molar-refractivity contribution < 1.29 is 0 Å². The predicted molar refractivity (Wildman–Crippen MR) is 168 cm³/mol. The Kier molecular flexibility index (Phi) is 29.3. The van der Waals surface area contributed by atoms with E-state index in [1.165, 1.54) is 141 Å². The first-order chi connectivity index (χ1) is 17.7. The molecular formula is C36H66. The number of hydrogen-bond acceptors (Lipinski definition) is 0. The van der Waals surface area contributed by atoms with Crippen LogP contribution in [0.3, 0.4) is 0 Å². The molecule has 0 fully saturated rings. The molecule has 0 aromatic heterocycles. The van der Waals surface area contributed by atoms with Crippen molar-refractivity contribution in [2.75, 3.05) is 0 Å². The summed E-state index contributed by atoms with van der Waals surface area (Å²) in [5.74, 6) is 1.68. The van der Waals surface area contributed by atoms with E-state index in [0.29, 0.717) is 0 Å². The number of unbranched alkanes of at least 4 members (excludes halogenated alkanes) is 16. The first-order valence-electron chi connectivity index (χ1n) is 16.2. The lowest BCUT2D eigenvalue weighted by atomic mass is 9.87. The number of rotatable bonds is 27. The Hall–Kier alpha value is -1.04. The molecule has 0 amide bonds. The summed E-state index contributed by atoms with van der Waals surface area (Å²) in [7, 11) is 0. The fraction of sp³-hybridized carbons (Fsp3) is 0.778. The standard InChI is InChI=1S/C36H66/c1-5-7-9-11-13-15-17-19-21-23-25-27-29-31-33-36(35(3)4)34-32-30-28-26-24-22-20-18-16-14-12-10-8-6-2/h5-8,27-30,35-36H,9-26,31-34H2,1-4H3/b7-5+,8-6+,29-27+,30-28+. The zero-order valence-corrected chi connectivity index (χ0v) is 25.3. The summed E-state index contributed by atoms with van der Waals surface area (Å²) < 4.78 is 0. The summed E-state index contributed by atoms with van der Waals surface area (Å²) in [6.07, 6.45) is 48.9. The van der Waals surface area contributed by atoms with Crippen molar-refractivity contribution in [2.45, 2.75) is 169 Å². The minimum Gasteiger partial charge on any atom is -0.0917 e. The maximum atomic E-state index is 2.47.